The zero-order valence-corrected chi connectivity index (χ0v) is 14.1. The highest BCUT2D eigenvalue weighted by molar-refractivity contribution is 5.84. The summed E-state index contributed by atoms with van der Waals surface area (Å²) in [5.74, 6) is 1.28. The van der Waals surface area contributed by atoms with Crippen molar-refractivity contribution in [2.75, 3.05) is 27.3 Å². The standard InChI is InChI=1S/C17H23N3O4/c1-23-14-7-11-5-6-20(10-12(11)8-15(14)24-2)16(21)9-18-17(22)19-13-3-4-13/h7-8,13H,3-6,9-10H2,1-2H3,(H2,18,19,22). The molecule has 1 aliphatic heterocycles. The van der Waals surface area contributed by atoms with Gasteiger partial charge in [-0.15, -0.1) is 0 Å². The maximum Gasteiger partial charge on any atom is 0.315 e. The topological polar surface area (TPSA) is 79.9 Å². The van der Waals surface area contributed by atoms with Crippen molar-refractivity contribution < 1.29 is 19.1 Å². The first kappa shape index (κ1) is 16.4. The Balaban J connectivity index is 1.59. The van der Waals surface area contributed by atoms with Gasteiger partial charge in [-0.2, -0.15) is 0 Å². The van der Waals surface area contributed by atoms with Gasteiger partial charge in [0.15, 0.2) is 11.5 Å². The Morgan fingerprint density at radius 1 is 1.17 bits per heavy atom. The number of rotatable bonds is 5. The first-order chi connectivity index (χ1) is 11.6. The molecule has 0 radical (unpaired) electrons. The predicted octanol–water partition coefficient (Wildman–Crippen LogP) is 1.05. The number of nitrogens with one attached hydrogen (secondary N) is 2. The molecule has 7 heteroatoms. The van der Waals surface area contributed by atoms with Crippen LogP contribution in [0.15, 0.2) is 12.1 Å². The number of carbonyl (C=O) groups excluding carboxylic acids is 2. The molecule has 3 rings (SSSR count). The normalized spacial score (nSPS) is 16.2. The van der Waals surface area contributed by atoms with E-state index in [0.29, 0.717) is 24.6 Å². The summed E-state index contributed by atoms with van der Waals surface area (Å²) in [5.41, 5.74) is 2.21. The third-order valence-corrected chi connectivity index (χ3v) is 4.38. The van der Waals surface area contributed by atoms with E-state index in [-0.39, 0.29) is 24.5 Å². The molecule has 1 heterocycles. The lowest BCUT2D eigenvalue weighted by molar-refractivity contribution is -0.131. The summed E-state index contributed by atoms with van der Waals surface area (Å²) in [6, 6.07) is 3.90. The second kappa shape index (κ2) is 6.98. The Labute approximate surface area is 141 Å². The second-order valence-electron chi connectivity index (χ2n) is 6.14. The van der Waals surface area contributed by atoms with Gasteiger partial charge in [0.1, 0.15) is 0 Å². The summed E-state index contributed by atoms with van der Waals surface area (Å²) < 4.78 is 10.6. The molecule has 1 fully saturated rings. The van der Waals surface area contributed by atoms with Crippen molar-refractivity contribution in [3.63, 3.8) is 0 Å². The van der Waals surface area contributed by atoms with E-state index in [9.17, 15) is 9.59 Å². The molecule has 1 saturated carbocycles. The predicted molar refractivity (Wildman–Crippen MR) is 88.2 cm³/mol. The quantitative estimate of drug-likeness (QED) is 0.844. The number of fused-ring (bicyclic) bond motifs is 1. The highest BCUT2D eigenvalue weighted by Gasteiger charge is 2.25. The summed E-state index contributed by atoms with van der Waals surface area (Å²) in [5, 5.41) is 5.43. The number of amides is 3. The van der Waals surface area contributed by atoms with Gasteiger partial charge in [0.2, 0.25) is 5.91 Å². The summed E-state index contributed by atoms with van der Waals surface area (Å²) in [4.78, 5) is 25.7. The molecule has 2 aliphatic rings. The Morgan fingerprint density at radius 2 is 1.83 bits per heavy atom. The van der Waals surface area contributed by atoms with E-state index in [0.717, 1.165) is 30.4 Å². The number of carbonyl (C=O) groups is 2. The van der Waals surface area contributed by atoms with Gasteiger partial charge in [-0.05, 0) is 42.5 Å². The van der Waals surface area contributed by atoms with E-state index in [2.05, 4.69) is 10.6 Å². The van der Waals surface area contributed by atoms with E-state index in [1.54, 1.807) is 19.1 Å². The molecule has 0 saturated heterocycles. The van der Waals surface area contributed by atoms with E-state index >= 15 is 0 Å². The van der Waals surface area contributed by atoms with Gasteiger partial charge in [-0.25, -0.2) is 4.79 Å². The SMILES string of the molecule is COc1cc2c(cc1OC)CN(C(=O)CNC(=O)NC1CC1)CC2. The van der Waals surface area contributed by atoms with Crippen LogP contribution in [-0.4, -0.2) is 50.2 Å². The Hall–Kier alpha value is -2.44. The van der Waals surface area contributed by atoms with Crippen molar-refractivity contribution in [2.45, 2.75) is 31.8 Å². The Morgan fingerprint density at radius 3 is 2.46 bits per heavy atom. The molecule has 130 valence electrons. The highest BCUT2D eigenvalue weighted by atomic mass is 16.5. The molecule has 0 aromatic heterocycles. The van der Waals surface area contributed by atoms with Crippen LogP contribution in [0, 0.1) is 0 Å². The van der Waals surface area contributed by atoms with Crippen molar-refractivity contribution in [1.29, 1.82) is 0 Å². The van der Waals surface area contributed by atoms with Crippen molar-refractivity contribution in [2.24, 2.45) is 0 Å². The van der Waals surface area contributed by atoms with Crippen LogP contribution in [0.1, 0.15) is 24.0 Å². The van der Waals surface area contributed by atoms with Crippen LogP contribution in [0.25, 0.3) is 0 Å². The summed E-state index contributed by atoms with van der Waals surface area (Å²) in [6.45, 7) is 1.16. The number of methoxy groups -OCH3 is 2. The first-order valence-electron chi connectivity index (χ1n) is 8.16. The average molecular weight is 333 g/mol. The minimum absolute atomic E-state index is 0.0151. The summed E-state index contributed by atoms with van der Waals surface area (Å²) >= 11 is 0. The molecule has 1 aromatic rings. The number of benzene rings is 1. The molecule has 1 aromatic carbocycles. The molecular formula is C17H23N3O4. The van der Waals surface area contributed by atoms with Crippen LogP contribution in [0.3, 0.4) is 0 Å². The first-order valence-corrected chi connectivity index (χ1v) is 8.16. The molecule has 1 aliphatic carbocycles. The number of hydrogen-bond acceptors (Lipinski definition) is 4. The molecule has 0 atom stereocenters. The van der Waals surface area contributed by atoms with Crippen LogP contribution >= 0.6 is 0 Å². The van der Waals surface area contributed by atoms with Crippen molar-refractivity contribution >= 4 is 11.9 Å². The van der Waals surface area contributed by atoms with Crippen molar-refractivity contribution in [3.05, 3.63) is 23.3 Å². The number of ether oxygens (including phenoxy) is 2. The lowest BCUT2D eigenvalue weighted by atomic mass is 9.98. The second-order valence-corrected chi connectivity index (χ2v) is 6.14. The summed E-state index contributed by atoms with van der Waals surface area (Å²) in [7, 11) is 3.21. The maximum atomic E-state index is 12.3. The van der Waals surface area contributed by atoms with Gasteiger partial charge >= 0.3 is 6.03 Å². The van der Waals surface area contributed by atoms with Gasteiger partial charge in [0.25, 0.3) is 0 Å². The largest absolute Gasteiger partial charge is 0.493 e. The Kier molecular flexibility index (Phi) is 4.78. The monoisotopic (exact) mass is 333 g/mol. The lowest BCUT2D eigenvalue weighted by Crippen LogP contribution is -2.45. The van der Waals surface area contributed by atoms with Gasteiger partial charge in [0.05, 0.1) is 20.8 Å². The minimum atomic E-state index is -0.269. The fraction of sp³-hybridized carbons (Fsp3) is 0.529. The van der Waals surface area contributed by atoms with Crippen LogP contribution in [0.5, 0.6) is 11.5 Å². The smallest absolute Gasteiger partial charge is 0.315 e. The van der Waals surface area contributed by atoms with Crippen molar-refractivity contribution in [3.8, 4) is 11.5 Å². The van der Waals surface area contributed by atoms with Gasteiger partial charge in [-0.3, -0.25) is 4.79 Å². The Bertz CT molecular complexity index is 643. The number of urea groups is 1. The fourth-order valence-electron chi connectivity index (χ4n) is 2.83. The molecule has 0 unspecified atom stereocenters. The lowest BCUT2D eigenvalue weighted by Gasteiger charge is -2.29. The zero-order valence-electron chi connectivity index (χ0n) is 14.1. The molecule has 2 N–H and O–H groups in total. The van der Waals surface area contributed by atoms with E-state index < -0.39 is 0 Å². The third-order valence-electron chi connectivity index (χ3n) is 4.38. The number of hydrogen-bond donors (Lipinski definition) is 2. The van der Waals surface area contributed by atoms with Crippen LogP contribution < -0.4 is 20.1 Å². The molecule has 3 amide bonds. The van der Waals surface area contributed by atoms with Crippen LogP contribution in [0.2, 0.25) is 0 Å². The van der Waals surface area contributed by atoms with Crippen LogP contribution in [0.4, 0.5) is 4.79 Å². The van der Waals surface area contributed by atoms with Gasteiger partial charge < -0.3 is 25.0 Å². The van der Waals surface area contributed by atoms with Crippen LogP contribution in [-0.2, 0) is 17.8 Å². The van der Waals surface area contributed by atoms with E-state index in [1.807, 2.05) is 12.1 Å². The summed E-state index contributed by atoms with van der Waals surface area (Å²) in [6.07, 6.45) is 2.81. The maximum absolute atomic E-state index is 12.3. The molecule has 0 bridgehead atoms. The number of nitrogens with zero attached hydrogens (tertiary/aromatic N) is 1. The van der Waals surface area contributed by atoms with Gasteiger partial charge in [0, 0.05) is 19.1 Å². The fourth-order valence-corrected chi connectivity index (χ4v) is 2.83. The van der Waals surface area contributed by atoms with Gasteiger partial charge in [-0.1, -0.05) is 0 Å². The van der Waals surface area contributed by atoms with Crippen molar-refractivity contribution in [1.82, 2.24) is 15.5 Å². The highest BCUT2D eigenvalue weighted by Crippen LogP contribution is 2.33. The van der Waals surface area contributed by atoms with E-state index in [4.69, 9.17) is 9.47 Å². The zero-order chi connectivity index (χ0) is 17.1. The molecule has 7 nitrogen and oxygen atoms in total. The molecule has 0 spiro atoms. The molecule has 24 heavy (non-hydrogen) atoms. The third kappa shape index (κ3) is 3.72. The minimum Gasteiger partial charge on any atom is -0.493 e. The average Bonchev–Trinajstić information content (AvgIpc) is 3.41. The van der Waals surface area contributed by atoms with E-state index in [1.165, 1.54) is 0 Å². The molecular weight excluding hydrogens is 310 g/mol.